The Morgan fingerprint density at radius 2 is 1.68 bits per heavy atom. The zero-order valence-corrected chi connectivity index (χ0v) is 17.2. The van der Waals surface area contributed by atoms with Crippen molar-refractivity contribution in [1.29, 1.82) is 0 Å². The maximum absolute atomic E-state index is 5.12. The third-order valence-corrected chi connectivity index (χ3v) is 3.82. The van der Waals surface area contributed by atoms with Gasteiger partial charge in [0.25, 0.3) is 0 Å². The van der Waals surface area contributed by atoms with Crippen LogP contribution >= 0.6 is 0 Å². The van der Waals surface area contributed by atoms with Gasteiger partial charge < -0.3 is 4.74 Å². The summed E-state index contributed by atoms with van der Waals surface area (Å²) in [6, 6.07) is 0. The minimum absolute atomic E-state index is 0. The van der Waals surface area contributed by atoms with Crippen molar-refractivity contribution >= 4 is 11.6 Å². The molecule has 0 unspecified atom stereocenters. The van der Waals surface area contributed by atoms with E-state index in [1.54, 1.807) is 0 Å². The molecule has 0 radical (unpaired) electrons. The fraction of sp³-hybridized carbons (Fsp3) is 0.520. The van der Waals surface area contributed by atoms with Crippen LogP contribution in [0.3, 0.4) is 0 Å². The van der Waals surface area contributed by atoms with E-state index in [1.165, 1.54) is 23.3 Å². The lowest BCUT2D eigenvalue weighted by Gasteiger charge is -2.07. The fourth-order valence-electron chi connectivity index (χ4n) is 2.36. The molecule has 28 heavy (non-hydrogen) atoms. The highest BCUT2D eigenvalue weighted by Gasteiger charge is 2.23. The highest BCUT2D eigenvalue weighted by molar-refractivity contribution is 5.85. The SMILES string of the molecule is C.C.CC1=CC=CC1.CC1=CCC=C1.CC1=NC(C)(C)CO1.CC1=NC=CC1. The van der Waals surface area contributed by atoms with Crippen molar-refractivity contribution in [2.75, 3.05) is 6.61 Å². The molecule has 3 heteroatoms. The average Bonchev–Trinajstić information content (AvgIpc) is 3.34. The molecule has 3 nitrogen and oxygen atoms in total. The Balaban J connectivity index is 0. The van der Waals surface area contributed by atoms with Gasteiger partial charge in [0, 0.05) is 25.3 Å². The number of aliphatic imine (C=N–C) groups is 2. The van der Waals surface area contributed by atoms with Crippen LogP contribution in [0.15, 0.2) is 69.9 Å². The molecular formula is C25H42N2O. The Bertz CT molecular complexity index is 625. The monoisotopic (exact) mass is 386 g/mol. The van der Waals surface area contributed by atoms with Crippen molar-refractivity contribution in [3.8, 4) is 0 Å². The lowest BCUT2D eigenvalue weighted by atomic mass is 10.1. The number of ether oxygens (including phenoxy) is 1. The Kier molecular flexibility index (Phi) is 14.9. The first-order chi connectivity index (χ1) is 12.3. The molecule has 4 rings (SSSR count). The van der Waals surface area contributed by atoms with E-state index in [2.05, 4.69) is 80.2 Å². The van der Waals surface area contributed by atoms with Crippen LogP contribution in [0, 0.1) is 0 Å². The highest BCUT2D eigenvalue weighted by Crippen LogP contribution is 2.15. The molecule has 158 valence electrons. The van der Waals surface area contributed by atoms with Crippen LogP contribution in [0.4, 0.5) is 0 Å². The van der Waals surface area contributed by atoms with Gasteiger partial charge in [0.05, 0.1) is 5.54 Å². The molecule has 0 spiro atoms. The van der Waals surface area contributed by atoms with Crippen molar-refractivity contribution in [2.45, 2.75) is 81.2 Å². The molecule has 2 heterocycles. The van der Waals surface area contributed by atoms with Gasteiger partial charge in [-0.15, -0.1) is 0 Å². The molecule has 0 aromatic heterocycles. The van der Waals surface area contributed by atoms with Gasteiger partial charge in [0.15, 0.2) is 5.90 Å². The van der Waals surface area contributed by atoms with Crippen LogP contribution in [0.25, 0.3) is 0 Å². The van der Waals surface area contributed by atoms with Crippen molar-refractivity contribution in [3.63, 3.8) is 0 Å². The minimum Gasteiger partial charge on any atom is -0.479 e. The Labute approximate surface area is 174 Å². The third kappa shape index (κ3) is 14.0. The average molecular weight is 387 g/mol. The van der Waals surface area contributed by atoms with Crippen LogP contribution in [-0.4, -0.2) is 23.8 Å². The van der Waals surface area contributed by atoms with Gasteiger partial charge in [0.2, 0.25) is 0 Å². The van der Waals surface area contributed by atoms with Crippen molar-refractivity contribution < 1.29 is 4.74 Å². The van der Waals surface area contributed by atoms with Gasteiger partial charge in [-0.1, -0.05) is 68.5 Å². The molecule has 0 fully saturated rings. The van der Waals surface area contributed by atoms with E-state index >= 15 is 0 Å². The summed E-state index contributed by atoms with van der Waals surface area (Å²) in [5, 5.41) is 0. The molecule has 0 aromatic carbocycles. The Morgan fingerprint density at radius 3 is 1.82 bits per heavy atom. The normalized spacial score (nSPS) is 18.9. The molecule has 0 atom stereocenters. The van der Waals surface area contributed by atoms with Gasteiger partial charge in [-0.25, -0.2) is 4.99 Å². The quantitative estimate of drug-likeness (QED) is 0.421. The molecule has 0 saturated carbocycles. The first-order valence-corrected chi connectivity index (χ1v) is 9.31. The first-order valence-electron chi connectivity index (χ1n) is 9.31. The van der Waals surface area contributed by atoms with Crippen LogP contribution in [0.1, 0.15) is 75.7 Å². The minimum atomic E-state index is 0. The number of nitrogens with zero attached hydrogens (tertiary/aromatic N) is 2. The van der Waals surface area contributed by atoms with Crippen LogP contribution in [-0.2, 0) is 4.74 Å². The van der Waals surface area contributed by atoms with E-state index in [0.717, 1.165) is 25.3 Å². The lowest BCUT2D eigenvalue weighted by Crippen LogP contribution is -2.17. The van der Waals surface area contributed by atoms with Gasteiger partial charge in [-0.2, -0.15) is 0 Å². The van der Waals surface area contributed by atoms with Gasteiger partial charge in [-0.3, -0.25) is 4.99 Å². The number of rotatable bonds is 0. The molecule has 2 aliphatic heterocycles. The third-order valence-electron chi connectivity index (χ3n) is 3.82. The summed E-state index contributed by atoms with van der Waals surface area (Å²) < 4.78 is 5.12. The van der Waals surface area contributed by atoms with E-state index in [9.17, 15) is 0 Å². The zero-order valence-electron chi connectivity index (χ0n) is 17.2. The van der Waals surface area contributed by atoms with E-state index in [0.29, 0.717) is 0 Å². The van der Waals surface area contributed by atoms with E-state index < -0.39 is 0 Å². The second-order valence-electron chi connectivity index (χ2n) is 7.42. The topological polar surface area (TPSA) is 34.0 Å². The van der Waals surface area contributed by atoms with Gasteiger partial charge >= 0.3 is 0 Å². The maximum Gasteiger partial charge on any atom is 0.180 e. The molecule has 2 aliphatic carbocycles. The number of hydrogen-bond donors (Lipinski definition) is 0. The first kappa shape index (κ1) is 28.1. The van der Waals surface area contributed by atoms with Crippen LogP contribution in [0.5, 0.6) is 0 Å². The predicted octanol–water partition coefficient (Wildman–Crippen LogP) is 7.64. The molecule has 0 aromatic rings. The van der Waals surface area contributed by atoms with Crippen molar-refractivity contribution in [3.05, 3.63) is 59.9 Å². The Morgan fingerprint density at radius 1 is 0.964 bits per heavy atom. The fourth-order valence-corrected chi connectivity index (χ4v) is 2.36. The molecule has 0 saturated heterocycles. The van der Waals surface area contributed by atoms with E-state index in [1.807, 2.05) is 20.0 Å². The number of allylic oxidation sites excluding steroid dienone is 9. The van der Waals surface area contributed by atoms with Crippen LogP contribution < -0.4 is 0 Å². The molecule has 4 aliphatic rings. The van der Waals surface area contributed by atoms with E-state index in [-0.39, 0.29) is 20.4 Å². The maximum atomic E-state index is 5.12. The van der Waals surface area contributed by atoms with Crippen LogP contribution in [0.2, 0.25) is 0 Å². The summed E-state index contributed by atoms with van der Waals surface area (Å²) in [4.78, 5) is 8.19. The standard InChI is InChI=1S/C6H11NO.2C6H8.C5H7N.2CH4/c1-5-7-6(2,3)4-8-5;2*1-6-4-2-3-5-6;1-5-3-2-4-6-5;;/h4H2,1-3H3;2,4-5H,3H2,1H3;2-4H,5H2,1H3;2,4H,3H2,1H3;2*1H4. The summed E-state index contributed by atoms with van der Waals surface area (Å²) in [6.45, 7) is 13.0. The summed E-state index contributed by atoms with van der Waals surface area (Å²) in [5.74, 6) is 0.815. The highest BCUT2D eigenvalue weighted by atomic mass is 16.5. The summed E-state index contributed by atoms with van der Waals surface area (Å²) in [6.07, 6.45) is 20.2. The lowest BCUT2D eigenvalue weighted by molar-refractivity contribution is 0.277. The van der Waals surface area contributed by atoms with Gasteiger partial charge in [-0.05, 0) is 47.5 Å². The number of hydrogen-bond acceptors (Lipinski definition) is 3. The summed E-state index contributed by atoms with van der Waals surface area (Å²) in [7, 11) is 0. The summed E-state index contributed by atoms with van der Waals surface area (Å²) >= 11 is 0. The largest absolute Gasteiger partial charge is 0.479 e. The predicted molar refractivity (Wildman–Crippen MR) is 128 cm³/mol. The van der Waals surface area contributed by atoms with E-state index in [4.69, 9.17) is 4.74 Å². The molecule has 0 N–H and O–H groups in total. The summed E-state index contributed by atoms with van der Waals surface area (Å²) in [5.41, 5.74) is 4.12. The zero-order chi connectivity index (χ0) is 19.4. The second kappa shape index (κ2) is 14.8. The second-order valence-corrected chi connectivity index (χ2v) is 7.42. The van der Waals surface area contributed by atoms with Gasteiger partial charge in [0.1, 0.15) is 6.61 Å². The molecule has 0 bridgehead atoms. The molecule has 0 amide bonds. The Hall–Kier alpha value is -2.16. The van der Waals surface area contributed by atoms with Crippen molar-refractivity contribution in [2.24, 2.45) is 9.98 Å². The van der Waals surface area contributed by atoms with Crippen molar-refractivity contribution in [1.82, 2.24) is 0 Å². The smallest absolute Gasteiger partial charge is 0.180 e. The molecular weight excluding hydrogens is 344 g/mol.